The van der Waals surface area contributed by atoms with Crippen LogP contribution in [0.2, 0.25) is 0 Å². The van der Waals surface area contributed by atoms with Crippen molar-refractivity contribution in [2.24, 2.45) is 5.92 Å². The van der Waals surface area contributed by atoms with Gasteiger partial charge in [0.25, 0.3) is 0 Å². The van der Waals surface area contributed by atoms with Gasteiger partial charge in [0.1, 0.15) is 4.88 Å². The van der Waals surface area contributed by atoms with Crippen molar-refractivity contribution in [3.8, 4) is 0 Å². The van der Waals surface area contributed by atoms with Crippen molar-refractivity contribution in [2.75, 3.05) is 12.3 Å². The number of carboxylic acids is 1. The molecule has 0 saturated heterocycles. The molecule has 0 aromatic carbocycles. The minimum atomic E-state index is -0.917. The predicted octanol–water partition coefficient (Wildman–Crippen LogP) is 2.06. The SMILES string of the molecule is O=C(CSc1csc(C(=O)O)c1)NCC1CC1. The Labute approximate surface area is 107 Å². The molecular weight excluding hydrogens is 258 g/mol. The lowest BCUT2D eigenvalue weighted by atomic mass is 10.4. The van der Waals surface area contributed by atoms with Gasteiger partial charge in [0.05, 0.1) is 5.75 Å². The van der Waals surface area contributed by atoms with Gasteiger partial charge in [-0.05, 0) is 24.8 Å². The lowest BCUT2D eigenvalue weighted by Crippen LogP contribution is -2.27. The molecule has 2 N–H and O–H groups in total. The van der Waals surface area contributed by atoms with E-state index in [1.54, 1.807) is 11.4 Å². The van der Waals surface area contributed by atoms with Gasteiger partial charge in [0.2, 0.25) is 5.91 Å². The predicted molar refractivity (Wildman–Crippen MR) is 67.7 cm³/mol. The molecule has 1 saturated carbocycles. The minimum Gasteiger partial charge on any atom is -0.477 e. The van der Waals surface area contributed by atoms with E-state index < -0.39 is 5.97 Å². The molecule has 1 heterocycles. The zero-order valence-electron chi connectivity index (χ0n) is 9.14. The first kappa shape index (κ1) is 12.4. The van der Waals surface area contributed by atoms with E-state index in [2.05, 4.69) is 5.32 Å². The van der Waals surface area contributed by atoms with Crippen molar-refractivity contribution in [3.05, 3.63) is 16.3 Å². The third kappa shape index (κ3) is 4.05. The summed E-state index contributed by atoms with van der Waals surface area (Å²) in [7, 11) is 0. The van der Waals surface area contributed by atoms with Crippen LogP contribution in [0.3, 0.4) is 0 Å². The maximum absolute atomic E-state index is 11.4. The number of hydrogen-bond acceptors (Lipinski definition) is 4. The van der Waals surface area contributed by atoms with Gasteiger partial charge in [-0.1, -0.05) is 0 Å². The van der Waals surface area contributed by atoms with Gasteiger partial charge in [-0.2, -0.15) is 0 Å². The molecule has 1 amide bonds. The summed E-state index contributed by atoms with van der Waals surface area (Å²) in [4.78, 5) is 23.3. The van der Waals surface area contributed by atoms with E-state index in [0.717, 1.165) is 11.4 Å². The summed E-state index contributed by atoms with van der Waals surface area (Å²) in [6.07, 6.45) is 2.44. The average molecular weight is 271 g/mol. The van der Waals surface area contributed by atoms with Crippen LogP contribution in [0.25, 0.3) is 0 Å². The van der Waals surface area contributed by atoms with Gasteiger partial charge in [0.15, 0.2) is 0 Å². The Bertz CT molecular complexity index is 426. The number of carbonyl (C=O) groups is 2. The largest absolute Gasteiger partial charge is 0.477 e. The van der Waals surface area contributed by atoms with Gasteiger partial charge in [0, 0.05) is 16.8 Å². The highest BCUT2D eigenvalue weighted by atomic mass is 32.2. The van der Waals surface area contributed by atoms with Crippen LogP contribution < -0.4 is 5.32 Å². The van der Waals surface area contributed by atoms with Crippen LogP contribution >= 0.6 is 23.1 Å². The van der Waals surface area contributed by atoms with E-state index in [0.29, 0.717) is 16.5 Å². The van der Waals surface area contributed by atoms with Crippen LogP contribution in [0.1, 0.15) is 22.5 Å². The van der Waals surface area contributed by atoms with E-state index in [1.807, 2.05) is 0 Å². The molecule has 0 unspecified atom stereocenters. The summed E-state index contributed by atoms with van der Waals surface area (Å²) in [5.74, 6) is 0.136. The number of thioether (sulfide) groups is 1. The molecule has 1 aliphatic rings. The molecule has 0 aliphatic heterocycles. The number of amides is 1. The first-order valence-corrected chi connectivity index (χ1v) is 7.23. The second kappa shape index (κ2) is 5.55. The van der Waals surface area contributed by atoms with Crippen LogP contribution in [0.5, 0.6) is 0 Å². The summed E-state index contributed by atoms with van der Waals surface area (Å²) in [6.45, 7) is 0.781. The molecule has 0 spiro atoms. The Morgan fingerprint density at radius 3 is 2.88 bits per heavy atom. The topological polar surface area (TPSA) is 66.4 Å². The molecule has 0 atom stereocenters. The van der Waals surface area contributed by atoms with Gasteiger partial charge in [-0.15, -0.1) is 23.1 Å². The molecule has 92 valence electrons. The van der Waals surface area contributed by atoms with Gasteiger partial charge < -0.3 is 10.4 Å². The van der Waals surface area contributed by atoms with E-state index in [4.69, 9.17) is 5.11 Å². The molecule has 1 aromatic heterocycles. The van der Waals surface area contributed by atoms with Crippen LogP contribution in [0.15, 0.2) is 16.3 Å². The molecule has 4 nitrogen and oxygen atoms in total. The van der Waals surface area contributed by atoms with E-state index >= 15 is 0 Å². The number of carboxylic acid groups (broad SMARTS) is 1. The zero-order chi connectivity index (χ0) is 12.3. The number of thiophene rings is 1. The van der Waals surface area contributed by atoms with Crippen LogP contribution in [0.4, 0.5) is 0 Å². The average Bonchev–Trinajstić information content (AvgIpc) is 3.00. The Kier molecular flexibility index (Phi) is 4.06. The fourth-order valence-corrected chi connectivity index (χ4v) is 2.99. The molecule has 0 radical (unpaired) electrons. The summed E-state index contributed by atoms with van der Waals surface area (Å²) < 4.78 is 0. The molecule has 1 aliphatic carbocycles. The third-order valence-electron chi connectivity index (χ3n) is 2.44. The van der Waals surface area contributed by atoms with Gasteiger partial charge >= 0.3 is 5.97 Å². The van der Waals surface area contributed by atoms with Crippen LogP contribution in [-0.4, -0.2) is 29.3 Å². The second-order valence-corrected chi connectivity index (χ2v) is 5.95. The highest BCUT2D eigenvalue weighted by molar-refractivity contribution is 8.00. The zero-order valence-corrected chi connectivity index (χ0v) is 10.8. The standard InChI is InChI=1S/C11H13NO3S2/c13-10(12-4-7-1-2-7)6-16-8-3-9(11(14)15)17-5-8/h3,5,7H,1-2,4,6H2,(H,12,13)(H,14,15). The second-order valence-electron chi connectivity index (χ2n) is 3.99. The lowest BCUT2D eigenvalue weighted by molar-refractivity contribution is -0.118. The molecule has 6 heteroatoms. The fraction of sp³-hybridized carbons (Fsp3) is 0.455. The molecular formula is C11H13NO3S2. The number of aromatic carboxylic acids is 1. The van der Waals surface area contributed by atoms with Crippen molar-refractivity contribution < 1.29 is 14.7 Å². The summed E-state index contributed by atoms with van der Waals surface area (Å²) in [5.41, 5.74) is 0. The monoisotopic (exact) mass is 271 g/mol. The third-order valence-corrected chi connectivity index (χ3v) is 4.48. The maximum atomic E-state index is 11.4. The van der Waals surface area contributed by atoms with Crippen molar-refractivity contribution >= 4 is 35.0 Å². The summed E-state index contributed by atoms with van der Waals surface area (Å²) >= 11 is 2.56. The Morgan fingerprint density at radius 2 is 2.29 bits per heavy atom. The smallest absolute Gasteiger partial charge is 0.345 e. The highest BCUT2D eigenvalue weighted by Gasteiger charge is 2.21. The minimum absolute atomic E-state index is 0.0185. The number of carbonyl (C=O) groups excluding carboxylic acids is 1. The number of hydrogen-bond donors (Lipinski definition) is 2. The van der Waals surface area contributed by atoms with Crippen molar-refractivity contribution in [1.82, 2.24) is 5.32 Å². The number of rotatable bonds is 6. The van der Waals surface area contributed by atoms with E-state index in [1.165, 1.54) is 35.9 Å². The summed E-state index contributed by atoms with van der Waals surface area (Å²) in [6, 6.07) is 1.60. The van der Waals surface area contributed by atoms with E-state index in [9.17, 15) is 9.59 Å². The molecule has 2 rings (SSSR count). The lowest BCUT2D eigenvalue weighted by Gasteiger charge is -2.02. The van der Waals surface area contributed by atoms with Gasteiger partial charge in [-0.3, -0.25) is 4.79 Å². The number of nitrogens with one attached hydrogen (secondary N) is 1. The quantitative estimate of drug-likeness (QED) is 0.777. The maximum Gasteiger partial charge on any atom is 0.345 e. The Hall–Kier alpha value is -1.01. The molecule has 1 aromatic rings. The Morgan fingerprint density at radius 1 is 1.53 bits per heavy atom. The molecule has 1 fully saturated rings. The van der Waals surface area contributed by atoms with Crippen LogP contribution in [-0.2, 0) is 4.79 Å². The van der Waals surface area contributed by atoms with Crippen LogP contribution in [0, 0.1) is 5.92 Å². The fourth-order valence-electron chi connectivity index (χ4n) is 1.29. The van der Waals surface area contributed by atoms with E-state index in [-0.39, 0.29) is 5.91 Å². The van der Waals surface area contributed by atoms with Crippen molar-refractivity contribution in [2.45, 2.75) is 17.7 Å². The highest BCUT2D eigenvalue weighted by Crippen LogP contribution is 2.28. The van der Waals surface area contributed by atoms with Gasteiger partial charge in [-0.25, -0.2) is 4.79 Å². The first-order valence-electron chi connectivity index (χ1n) is 5.36. The first-order chi connectivity index (χ1) is 8.15. The van der Waals surface area contributed by atoms with Crippen molar-refractivity contribution in [1.29, 1.82) is 0 Å². The summed E-state index contributed by atoms with van der Waals surface area (Å²) in [5, 5.41) is 13.4. The molecule has 0 bridgehead atoms. The normalized spacial score (nSPS) is 14.6. The van der Waals surface area contributed by atoms with Crippen molar-refractivity contribution in [3.63, 3.8) is 0 Å². The Balaban J connectivity index is 1.72. The molecule has 17 heavy (non-hydrogen) atoms.